The number of thioether (sulfide) groups is 1. The van der Waals surface area contributed by atoms with Crippen molar-refractivity contribution in [1.82, 2.24) is 5.32 Å². The minimum Gasteiger partial charge on any atom is -0.321 e. The Hall–Kier alpha value is -2.60. The van der Waals surface area contributed by atoms with Gasteiger partial charge in [-0.2, -0.15) is 0 Å². The molecule has 0 atom stereocenters. The van der Waals surface area contributed by atoms with E-state index in [1.165, 1.54) is 23.9 Å². The Bertz CT molecular complexity index is 757. The van der Waals surface area contributed by atoms with Gasteiger partial charge in [-0.05, 0) is 18.2 Å². The third-order valence-electron chi connectivity index (χ3n) is 3.06. The van der Waals surface area contributed by atoms with Crippen LogP contribution in [-0.2, 0) is 0 Å². The number of hydrogen-bond donors (Lipinski definition) is 1. The number of nitro benzene ring substituents is 1. The predicted molar refractivity (Wildman–Crippen MR) is 80.8 cm³/mol. The number of nitrogens with one attached hydrogen (secondary N) is 1. The molecule has 0 unspecified atom stereocenters. The predicted octanol–water partition coefficient (Wildman–Crippen LogP) is 3.43. The molecule has 0 saturated heterocycles. The Balaban J connectivity index is 2.01. The molecular weight excluding hydrogens is 288 g/mol. The quantitative estimate of drug-likeness (QED) is 0.535. The van der Waals surface area contributed by atoms with Gasteiger partial charge in [0.25, 0.3) is 11.6 Å². The first kappa shape index (κ1) is 13.4. The summed E-state index contributed by atoms with van der Waals surface area (Å²) >= 11 is 1.40. The molecule has 0 radical (unpaired) electrons. The van der Waals surface area contributed by atoms with Gasteiger partial charge in [0.15, 0.2) is 0 Å². The average Bonchev–Trinajstić information content (AvgIpc) is 2.83. The van der Waals surface area contributed by atoms with E-state index < -0.39 is 4.92 Å². The van der Waals surface area contributed by atoms with Crippen LogP contribution in [0.5, 0.6) is 0 Å². The SMILES string of the molecule is O=C1NC(=CSc2ccccc2)c2c1cccc2[N+](=O)[O-]. The van der Waals surface area contributed by atoms with Crippen LogP contribution >= 0.6 is 11.8 Å². The molecule has 2 aromatic rings. The van der Waals surface area contributed by atoms with Crippen molar-refractivity contribution in [2.75, 3.05) is 0 Å². The first-order chi connectivity index (χ1) is 10.2. The van der Waals surface area contributed by atoms with Crippen molar-refractivity contribution >= 4 is 29.1 Å². The highest BCUT2D eigenvalue weighted by molar-refractivity contribution is 8.02. The summed E-state index contributed by atoms with van der Waals surface area (Å²) in [6.07, 6.45) is 0. The first-order valence-electron chi connectivity index (χ1n) is 6.18. The van der Waals surface area contributed by atoms with E-state index in [1.54, 1.807) is 11.5 Å². The molecule has 0 bridgehead atoms. The lowest BCUT2D eigenvalue weighted by atomic mass is 10.1. The molecule has 0 aromatic heterocycles. The van der Waals surface area contributed by atoms with Crippen LogP contribution in [0.3, 0.4) is 0 Å². The van der Waals surface area contributed by atoms with Crippen LogP contribution in [0.4, 0.5) is 5.69 Å². The summed E-state index contributed by atoms with van der Waals surface area (Å²) < 4.78 is 0. The summed E-state index contributed by atoms with van der Waals surface area (Å²) in [4.78, 5) is 23.5. The van der Waals surface area contributed by atoms with Crippen molar-refractivity contribution in [1.29, 1.82) is 0 Å². The summed E-state index contributed by atoms with van der Waals surface area (Å²) in [5.41, 5.74) is 1.10. The van der Waals surface area contributed by atoms with Crippen LogP contribution in [0.25, 0.3) is 5.70 Å². The first-order valence-corrected chi connectivity index (χ1v) is 7.06. The molecule has 1 N–H and O–H groups in total. The summed E-state index contributed by atoms with van der Waals surface area (Å²) in [5.74, 6) is -0.311. The Morgan fingerprint density at radius 2 is 1.86 bits per heavy atom. The summed E-state index contributed by atoms with van der Waals surface area (Å²) in [6, 6.07) is 14.1. The Morgan fingerprint density at radius 1 is 1.10 bits per heavy atom. The number of hydrogen-bond acceptors (Lipinski definition) is 4. The maximum Gasteiger partial charge on any atom is 0.279 e. The third-order valence-corrected chi connectivity index (χ3v) is 3.96. The van der Waals surface area contributed by atoms with Gasteiger partial charge in [-0.3, -0.25) is 14.9 Å². The number of carbonyl (C=O) groups is 1. The molecule has 5 nitrogen and oxygen atoms in total. The standard InChI is InChI=1S/C15H10N2O3S/c18-15-11-7-4-8-13(17(19)20)14(11)12(16-15)9-21-10-5-2-1-3-6-10/h1-9H,(H,16,18). The largest absolute Gasteiger partial charge is 0.321 e. The molecule has 1 aliphatic rings. The maximum absolute atomic E-state index is 11.9. The molecule has 3 rings (SSSR count). The topological polar surface area (TPSA) is 72.2 Å². The molecule has 0 aliphatic carbocycles. The lowest BCUT2D eigenvalue weighted by Crippen LogP contribution is -2.11. The van der Waals surface area contributed by atoms with E-state index in [2.05, 4.69) is 5.32 Å². The highest BCUT2D eigenvalue weighted by Crippen LogP contribution is 2.35. The van der Waals surface area contributed by atoms with Crippen LogP contribution in [0.1, 0.15) is 15.9 Å². The van der Waals surface area contributed by atoms with E-state index in [-0.39, 0.29) is 11.6 Å². The van der Waals surface area contributed by atoms with Crippen molar-refractivity contribution in [2.45, 2.75) is 4.90 Å². The van der Waals surface area contributed by atoms with Crippen LogP contribution in [0.15, 0.2) is 58.8 Å². The van der Waals surface area contributed by atoms with Crippen molar-refractivity contribution in [3.8, 4) is 0 Å². The number of nitrogens with zero attached hydrogens (tertiary/aromatic N) is 1. The second-order valence-corrected chi connectivity index (χ2v) is 5.32. The zero-order valence-corrected chi connectivity index (χ0v) is 11.6. The molecular formula is C15H10N2O3S. The summed E-state index contributed by atoms with van der Waals surface area (Å²) in [5, 5.41) is 15.5. The van der Waals surface area contributed by atoms with E-state index in [1.807, 2.05) is 30.3 Å². The van der Waals surface area contributed by atoms with Crippen molar-refractivity contribution < 1.29 is 9.72 Å². The number of fused-ring (bicyclic) bond motifs is 1. The molecule has 1 heterocycles. The lowest BCUT2D eigenvalue weighted by molar-refractivity contribution is -0.385. The second kappa shape index (κ2) is 5.41. The van der Waals surface area contributed by atoms with Gasteiger partial charge < -0.3 is 5.32 Å². The molecule has 104 valence electrons. The van der Waals surface area contributed by atoms with E-state index in [4.69, 9.17) is 0 Å². The average molecular weight is 298 g/mol. The fraction of sp³-hybridized carbons (Fsp3) is 0. The lowest BCUT2D eigenvalue weighted by Gasteiger charge is -2.01. The van der Waals surface area contributed by atoms with E-state index in [0.29, 0.717) is 16.8 Å². The Kier molecular flexibility index (Phi) is 3.45. The fourth-order valence-electron chi connectivity index (χ4n) is 2.13. The number of carbonyl (C=O) groups excluding carboxylic acids is 1. The fourth-order valence-corrected chi connectivity index (χ4v) is 2.88. The second-order valence-electron chi connectivity index (χ2n) is 4.37. The van der Waals surface area contributed by atoms with Gasteiger partial charge >= 0.3 is 0 Å². The van der Waals surface area contributed by atoms with Crippen LogP contribution in [0, 0.1) is 10.1 Å². The molecule has 21 heavy (non-hydrogen) atoms. The molecule has 1 amide bonds. The normalized spacial score (nSPS) is 14.9. The van der Waals surface area contributed by atoms with Crippen LogP contribution < -0.4 is 5.32 Å². The van der Waals surface area contributed by atoms with Gasteiger partial charge in [0.1, 0.15) is 0 Å². The van der Waals surface area contributed by atoms with Crippen LogP contribution in [-0.4, -0.2) is 10.8 Å². The van der Waals surface area contributed by atoms with Gasteiger partial charge in [-0.1, -0.05) is 36.0 Å². The van der Waals surface area contributed by atoms with Crippen molar-refractivity contribution in [3.05, 3.63) is 75.2 Å². The third kappa shape index (κ3) is 2.53. The van der Waals surface area contributed by atoms with Gasteiger partial charge in [0, 0.05) is 16.4 Å². The smallest absolute Gasteiger partial charge is 0.279 e. The molecule has 6 heteroatoms. The summed E-state index contributed by atoms with van der Waals surface area (Å²) in [7, 11) is 0. The molecule has 0 saturated carbocycles. The van der Waals surface area contributed by atoms with Crippen molar-refractivity contribution in [2.24, 2.45) is 0 Å². The highest BCUT2D eigenvalue weighted by atomic mass is 32.2. The Morgan fingerprint density at radius 3 is 2.57 bits per heavy atom. The van der Waals surface area contributed by atoms with Gasteiger partial charge in [0.05, 0.1) is 21.7 Å². The molecule has 2 aromatic carbocycles. The zero-order chi connectivity index (χ0) is 14.8. The number of nitro groups is 1. The van der Waals surface area contributed by atoms with Gasteiger partial charge in [-0.25, -0.2) is 0 Å². The maximum atomic E-state index is 11.9. The van der Waals surface area contributed by atoms with E-state index in [0.717, 1.165) is 4.90 Å². The van der Waals surface area contributed by atoms with E-state index >= 15 is 0 Å². The van der Waals surface area contributed by atoms with Crippen molar-refractivity contribution in [3.63, 3.8) is 0 Å². The van der Waals surface area contributed by atoms with E-state index in [9.17, 15) is 14.9 Å². The molecule has 0 fully saturated rings. The number of rotatable bonds is 3. The monoisotopic (exact) mass is 298 g/mol. The zero-order valence-electron chi connectivity index (χ0n) is 10.8. The molecule has 1 aliphatic heterocycles. The van der Waals surface area contributed by atoms with Gasteiger partial charge in [-0.15, -0.1) is 0 Å². The number of benzene rings is 2. The Labute approximate surface area is 124 Å². The van der Waals surface area contributed by atoms with Gasteiger partial charge in [0.2, 0.25) is 0 Å². The molecule has 0 spiro atoms. The highest BCUT2D eigenvalue weighted by Gasteiger charge is 2.31. The minimum absolute atomic E-state index is 0.0641. The number of amides is 1. The van der Waals surface area contributed by atoms with Crippen LogP contribution in [0.2, 0.25) is 0 Å². The minimum atomic E-state index is -0.472. The summed E-state index contributed by atoms with van der Waals surface area (Å²) in [6.45, 7) is 0.